The van der Waals surface area contributed by atoms with E-state index < -0.39 is 5.97 Å². The molecule has 2 N–H and O–H groups in total. The smallest absolute Gasteiger partial charge is 0.335 e. The highest BCUT2D eigenvalue weighted by Gasteiger charge is 2.72. The Morgan fingerprint density at radius 2 is 1.94 bits per heavy atom. The Hall–Kier alpha value is -2.57. The number of carboxylic acids is 1. The van der Waals surface area contributed by atoms with Crippen molar-refractivity contribution in [3.8, 4) is 11.5 Å². The van der Waals surface area contributed by atoms with Gasteiger partial charge in [-0.3, -0.25) is 4.90 Å². The van der Waals surface area contributed by atoms with Gasteiger partial charge in [-0.05, 0) is 86.7 Å². The fourth-order valence-electron chi connectivity index (χ4n) is 7.70. The molecule has 5 aliphatic rings. The number of benzene rings is 2. The molecular formula is C28H31NO5. The van der Waals surface area contributed by atoms with E-state index in [9.17, 15) is 15.0 Å². The number of nitrogens with zero attached hydrogens (tertiary/aromatic N) is 1. The van der Waals surface area contributed by atoms with E-state index in [4.69, 9.17) is 9.47 Å². The van der Waals surface area contributed by atoms with Crippen LogP contribution in [0, 0.1) is 5.92 Å². The summed E-state index contributed by atoms with van der Waals surface area (Å²) in [6, 6.07) is 11.3. The Morgan fingerprint density at radius 1 is 1.12 bits per heavy atom. The molecular weight excluding hydrogens is 430 g/mol. The molecule has 0 aromatic heterocycles. The van der Waals surface area contributed by atoms with Gasteiger partial charge in [-0.1, -0.05) is 18.2 Å². The van der Waals surface area contributed by atoms with Crippen LogP contribution in [0.2, 0.25) is 0 Å². The lowest BCUT2D eigenvalue weighted by molar-refractivity contribution is -0.221. The topological polar surface area (TPSA) is 79.2 Å². The normalized spacial score (nSPS) is 33.3. The Kier molecular flexibility index (Phi) is 4.41. The van der Waals surface area contributed by atoms with Crippen molar-refractivity contribution in [1.29, 1.82) is 0 Å². The first kappa shape index (κ1) is 20.8. The van der Waals surface area contributed by atoms with Crippen LogP contribution in [-0.2, 0) is 23.2 Å². The number of carbonyl (C=O) groups is 1. The fraction of sp³-hybridized carbons (Fsp3) is 0.536. The van der Waals surface area contributed by atoms with E-state index in [0.29, 0.717) is 17.9 Å². The van der Waals surface area contributed by atoms with Crippen molar-refractivity contribution < 1.29 is 24.5 Å². The second-order valence-electron chi connectivity index (χ2n) is 11.0. The van der Waals surface area contributed by atoms with E-state index in [-0.39, 0.29) is 28.9 Å². The number of ether oxygens (including phenoxy) is 2. The van der Waals surface area contributed by atoms with Gasteiger partial charge in [-0.15, -0.1) is 0 Å². The molecule has 2 bridgehead atoms. The summed E-state index contributed by atoms with van der Waals surface area (Å²) < 4.78 is 13.6. The van der Waals surface area contributed by atoms with Crippen molar-refractivity contribution >= 4 is 5.97 Å². The third-order valence-electron chi connectivity index (χ3n) is 9.32. The summed E-state index contributed by atoms with van der Waals surface area (Å²) in [5.41, 5.74) is 3.19. The molecule has 2 aromatic rings. The Balaban J connectivity index is 1.32. The molecule has 6 heteroatoms. The Labute approximate surface area is 199 Å². The summed E-state index contributed by atoms with van der Waals surface area (Å²) in [5.74, 6) is 0.840. The third-order valence-corrected chi connectivity index (χ3v) is 9.32. The SMILES string of the molecule is O=C(O)c1ccc(COC23CCC[C@@H]4Oc5c(O)ccc6c5[C@@]42CCN(CC2CC2)[C@@H]3C6)cc1. The zero-order chi connectivity index (χ0) is 23.1. The standard InChI is InChI=1S/C28H31NO5/c30-21-10-9-20-14-22-28(33-16-18-5-7-19(8-6-18)26(31)32)11-1-2-23-27(28,24(20)25(21)34-23)12-13-29(22)15-17-3-4-17/h5-10,17,22-23,30H,1-4,11-16H2,(H,31,32)/t22-,23+,27-,28?/m1/s1. The molecule has 1 saturated heterocycles. The van der Waals surface area contributed by atoms with Gasteiger partial charge >= 0.3 is 5.97 Å². The molecule has 2 aromatic carbocycles. The average Bonchev–Trinajstić information content (AvgIpc) is 3.59. The van der Waals surface area contributed by atoms with Crippen LogP contribution in [0.5, 0.6) is 11.5 Å². The molecule has 4 atom stereocenters. The number of aromatic carboxylic acids is 1. The summed E-state index contributed by atoms with van der Waals surface area (Å²) in [7, 11) is 0. The minimum absolute atomic E-state index is 0.0311. The van der Waals surface area contributed by atoms with Gasteiger partial charge in [0.05, 0.1) is 23.2 Å². The largest absolute Gasteiger partial charge is 0.504 e. The summed E-state index contributed by atoms with van der Waals surface area (Å²) in [6.45, 7) is 2.64. The van der Waals surface area contributed by atoms with E-state index in [2.05, 4.69) is 11.0 Å². The van der Waals surface area contributed by atoms with Gasteiger partial charge in [0.2, 0.25) is 0 Å². The highest BCUT2D eigenvalue weighted by atomic mass is 16.5. The second kappa shape index (κ2) is 7.22. The van der Waals surface area contributed by atoms with Crippen LogP contribution >= 0.6 is 0 Å². The molecule has 7 rings (SSSR count). The van der Waals surface area contributed by atoms with E-state index in [1.54, 1.807) is 18.2 Å². The van der Waals surface area contributed by atoms with Crippen molar-refractivity contribution in [2.45, 2.75) is 74.7 Å². The number of phenols is 1. The van der Waals surface area contributed by atoms with Crippen LogP contribution < -0.4 is 4.74 Å². The highest BCUT2D eigenvalue weighted by molar-refractivity contribution is 5.87. The molecule has 2 saturated carbocycles. The first-order valence-corrected chi connectivity index (χ1v) is 12.7. The number of carboxylic acid groups (broad SMARTS) is 1. The van der Waals surface area contributed by atoms with E-state index in [1.165, 1.54) is 24.0 Å². The summed E-state index contributed by atoms with van der Waals surface area (Å²) in [4.78, 5) is 14.0. The molecule has 0 radical (unpaired) electrons. The number of phenolic OH excluding ortho intramolecular Hbond substituents is 1. The maximum absolute atomic E-state index is 11.3. The summed E-state index contributed by atoms with van der Waals surface area (Å²) in [6.07, 6.45) is 7.62. The number of hydrogen-bond donors (Lipinski definition) is 2. The predicted molar refractivity (Wildman–Crippen MR) is 125 cm³/mol. The van der Waals surface area contributed by atoms with Crippen molar-refractivity contribution in [2.75, 3.05) is 13.1 Å². The van der Waals surface area contributed by atoms with E-state index in [0.717, 1.165) is 56.7 Å². The molecule has 1 unspecified atom stereocenters. The Bertz CT molecular complexity index is 1160. The van der Waals surface area contributed by atoms with Crippen molar-refractivity contribution in [2.24, 2.45) is 5.92 Å². The van der Waals surface area contributed by atoms with Crippen LogP contribution in [0.3, 0.4) is 0 Å². The average molecular weight is 462 g/mol. The van der Waals surface area contributed by atoms with Gasteiger partial charge in [0.15, 0.2) is 11.5 Å². The second-order valence-corrected chi connectivity index (χ2v) is 11.0. The van der Waals surface area contributed by atoms with Gasteiger partial charge in [-0.25, -0.2) is 4.79 Å². The molecule has 2 aliphatic heterocycles. The number of piperidine rings is 1. The van der Waals surface area contributed by atoms with Gasteiger partial charge in [0.1, 0.15) is 6.10 Å². The molecule has 0 amide bonds. The summed E-state index contributed by atoms with van der Waals surface area (Å²) >= 11 is 0. The minimum atomic E-state index is -0.912. The maximum Gasteiger partial charge on any atom is 0.335 e. The molecule has 178 valence electrons. The quantitative estimate of drug-likeness (QED) is 0.669. The Morgan fingerprint density at radius 3 is 2.71 bits per heavy atom. The van der Waals surface area contributed by atoms with E-state index >= 15 is 0 Å². The van der Waals surface area contributed by atoms with Gasteiger partial charge in [0.25, 0.3) is 0 Å². The maximum atomic E-state index is 11.3. The van der Waals surface area contributed by atoms with Gasteiger partial charge < -0.3 is 19.7 Å². The zero-order valence-electron chi connectivity index (χ0n) is 19.3. The van der Waals surface area contributed by atoms with Crippen LogP contribution in [0.25, 0.3) is 0 Å². The van der Waals surface area contributed by atoms with Crippen molar-refractivity contribution in [3.63, 3.8) is 0 Å². The molecule has 6 nitrogen and oxygen atoms in total. The molecule has 34 heavy (non-hydrogen) atoms. The number of rotatable bonds is 6. The lowest BCUT2D eigenvalue weighted by Crippen LogP contribution is -2.76. The van der Waals surface area contributed by atoms with E-state index in [1.807, 2.05) is 12.1 Å². The van der Waals surface area contributed by atoms with Crippen LogP contribution in [0.4, 0.5) is 0 Å². The molecule has 1 spiro atoms. The molecule has 2 heterocycles. The first-order valence-electron chi connectivity index (χ1n) is 12.7. The van der Waals surface area contributed by atoms with Crippen molar-refractivity contribution in [1.82, 2.24) is 4.90 Å². The fourth-order valence-corrected chi connectivity index (χ4v) is 7.70. The lowest BCUT2D eigenvalue weighted by Gasteiger charge is -2.65. The zero-order valence-corrected chi connectivity index (χ0v) is 19.3. The highest BCUT2D eigenvalue weighted by Crippen LogP contribution is 2.66. The minimum Gasteiger partial charge on any atom is -0.504 e. The van der Waals surface area contributed by atoms with Crippen molar-refractivity contribution in [3.05, 3.63) is 58.7 Å². The number of aromatic hydroxyl groups is 1. The first-order chi connectivity index (χ1) is 16.5. The third kappa shape index (κ3) is 2.73. The van der Waals surface area contributed by atoms with Gasteiger partial charge in [-0.2, -0.15) is 0 Å². The van der Waals surface area contributed by atoms with Crippen LogP contribution in [-0.4, -0.2) is 51.9 Å². The van der Waals surface area contributed by atoms with Crippen LogP contribution in [0.15, 0.2) is 36.4 Å². The number of likely N-dealkylation sites (tertiary alicyclic amines) is 1. The molecule has 3 fully saturated rings. The summed E-state index contributed by atoms with van der Waals surface area (Å²) in [5, 5.41) is 20.0. The predicted octanol–water partition coefficient (Wildman–Crippen LogP) is 4.27. The van der Waals surface area contributed by atoms with Gasteiger partial charge in [0, 0.05) is 18.2 Å². The molecule has 3 aliphatic carbocycles. The number of hydrogen-bond acceptors (Lipinski definition) is 5. The van der Waals surface area contributed by atoms with Crippen LogP contribution in [0.1, 0.15) is 65.6 Å². The monoisotopic (exact) mass is 461 g/mol. The lowest BCUT2D eigenvalue weighted by atomic mass is 9.49.